The van der Waals surface area contributed by atoms with E-state index in [9.17, 15) is 19.7 Å². The minimum Gasteiger partial charge on any atom is -0.372 e. The third kappa shape index (κ3) is 2.62. The molecular formula is C14H14N4O4. The first-order chi connectivity index (χ1) is 10.5. The van der Waals surface area contributed by atoms with Crippen LogP contribution in [0.25, 0.3) is 6.08 Å². The van der Waals surface area contributed by atoms with E-state index in [1.165, 1.54) is 12.1 Å². The predicted octanol–water partition coefficient (Wildman–Crippen LogP) is 1.38. The monoisotopic (exact) mass is 302 g/mol. The summed E-state index contributed by atoms with van der Waals surface area (Å²) in [6.45, 7) is 1.82. The fraction of sp³-hybridized carbons (Fsp3) is 0.286. The Hall–Kier alpha value is -2.90. The summed E-state index contributed by atoms with van der Waals surface area (Å²) < 4.78 is 0. The van der Waals surface area contributed by atoms with Crippen molar-refractivity contribution in [3.8, 4) is 0 Å². The van der Waals surface area contributed by atoms with E-state index >= 15 is 0 Å². The first kappa shape index (κ1) is 14.1. The summed E-state index contributed by atoms with van der Waals surface area (Å²) >= 11 is 0. The highest BCUT2D eigenvalue weighted by Crippen LogP contribution is 2.29. The maximum atomic E-state index is 11.6. The van der Waals surface area contributed by atoms with Crippen molar-refractivity contribution in [2.45, 2.75) is 12.8 Å². The lowest BCUT2D eigenvalue weighted by molar-refractivity contribution is -0.385. The predicted molar refractivity (Wildman–Crippen MR) is 79.2 cm³/mol. The fourth-order valence-electron chi connectivity index (χ4n) is 2.63. The third-order valence-electron chi connectivity index (χ3n) is 3.70. The van der Waals surface area contributed by atoms with Gasteiger partial charge in [-0.15, -0.1) is 0 Å². The van der Waals surface area contributed by atoms with Crippen molar-refractivity contribution in [2.24, 2.45) is 0 Å². The Balaban J connectivity index is 2.01. The number of nitro benzene ring substituents is 1. The van der Waals surface area contributed by atoms with E-state index in [0.29, 0.717) is 5.56 Å². The van der Waals surface area contributed by atoms with Gasteiger partial charge in [0, 0.05) is 24.8 Å². The lowest BCUT2D eigenvalue weighted by Crippen LogP contribution is -2.22. The molecule has 0 atom stereocenters. The van der Waals surface area contributed by atoms with E-state index in [1.54, 1.807) is 12.1 Å². The van der Waals surface area contributed by atoms with Gasteiger partial charge in [-0.2, -0.15) is 0 Å². The number of urea groups is 1. The number of carbonyl (C=O) groups is 2. The number of hydrogen-bond donors (Lipinski definition) is 2. The van der Waals surface area contributed by atoms with E-state index < -0.39 is 16.9 Å². The summed E-state index contributed by atoms with van der Waals surface area (Å²) in [4.78, 5) is 35.5. The van der Waals surface area contributed by atoms with Gasteiger partial charge in [0.25, 0.3) is 11.6 Å². The summed E-state index contributed by atoms with van der Waals surface area (Å²) in [5, 5.41) is 15.5. The van der Waals surface area contributed by atoms with Gasteiger partial charge >= 0.3 is 6.03 Å². The average Bonchev–Trinajstić information content (AvgIpc) is 3.09. The quantitative estimate of drug-likeness (QED) is 0.380. The summed E-state index contributed by atoms with van der Waals surface area (Å²) in [5.41, 5.74) is 1.07. The zero-order chi connectivity index (χ0) is 15.7. The topological polar surface area (TPSA) is 105 Å². The molecule has 2 aliphatic heterocycles. The van der Waals surface area contributed by atoms with Crippen LogP contribution in [-0.2, 0) is 4.79 Å². The summed E-state index contributed by atoms with van der Waals surface area (Å²) in [5.74, 6) is -0.592. The number of hydrogen-bond acceptors (Lipinski definition) is 5. The van der Waals surface area contributed by atoms with E-state index in [0.717, 1.165) is 31.6 Å². The zero-order valence-corrected chi connectivity index (χ0v) is 11.7. The Kier molecular flexibility index (Phi) is 3.50. The lowest BCUT2D eigenvalue weighted by atomic mass is 10.1. The van der Waals surface area contributed by atoms with Crippen LogP contribution >= 0.6 is 0 Å². The first-order valence-corrected chi connectivity index (χ1v) is 6.92. The van der Waals surface area contributed by atoms with Gasteiger partial charge in [0.05, 0.1) is 10.5 Å². The molecule has 22 heavy (non-hydrogen) atoms. The highest BCUT2D eigenvalue weighted by molar-refractivity contribution is 6.14. The number of imide groups is 1. The van der Waals surface area contributed by atoms with Crippen molar-refractivity contribution < 1.29 is 14.5 Å². The molecule has 0 saturated carbocycles. The van der Waals surface area contributed by atoms with E-state index in [4.69, 9.17) is 0 Å². The molecule has 0 bridgehead atoms. The number of benzene rings is 1. The molecule has 0 aromatic heterocycles. The second-order valence-corrected chi connectivity index (χ2v) is 5.16. The van der Waals surface area contributed by atoms with Crippen LogP contribution in [0.4, 0.5) is 16.2 Å². The Morgan fingerprint density at radius 2 is 1.91 bits per heavy atom. The largest absolute Gasteiger partial charge is 0.372 e. The molecule has 3 amide bonds. The molecule has 2 heterocycles. The molecule has 3 rings (SSSR count). The summed E-state index contributed by atoms with van der Waals surface area (Å²) in [6, 6.07) is 4.18. The molecule has 114 valence electrons. The Labute approximate surface area is 125 Å². The number of nitrogens with zero attached hydrogens (tertiary/aromatic N) is 2. The van der Waals surface area contributed by atoms with Gasteiger partial charge in [-0.05, 0) is 31.1 Å². The van der Waals surface area contributed by atoms with Gasteiger partial charge in [0.1, 0.15) is 5.70 Å². The minimum absolute atomic E-state index is 0.00618. The molecule has 0 unspecified atom stereocenters. The Morgan fingerprint density at radius 3 is 2.50 bits per heavy atom. The third-order valence-corrected chi connectivity index (χ3v) is 3.70. The van der Waals surface area contributed by atoms with E-state index in [2.05, 4.69) is 15.5 Å². The summed E-state index contributed by atoms with van der Waals surface area (Å²) in [6.07, 6.45) is 3.51. The van der Waals surface area contributed by atoms with Crippen molar-refractivity contribution in [2.75, 3.05) is 18.0 Å². The van der Waals surface area contributed by atoms with Crippen LogP contribution in [0.5, 0.6) is 0 Å². The summed E-state index contributed by atoms with van der Waals surface area (Å²) in [7, 11) is 0. The van der Waals surface area contributed by atoms with Gasteiger partial charge in [-0.1, -0.05) is 0 Å². The van der Waals surface area contributed by atoms with Crippen LogP contribution in [0.2, 0.25) is 0 Å². The molecule has 2 N–H and O–H groups in total. The Bertz CT molecular complexity index is 692. The van der Waals surface area contributed by atoms with Crippen molar-refractivity contribution in [3.05, 3.63) is 39.6 Å². The van der Waals surface area contributed by atoms with E-state index in [1.807, 2.05) is 0 Å². The maximum absolute atomic E-state index is 11.6. The molecule has 2 aliphatic rings. The number of carbonyl (C=O) groups excluding carboxylic acids is 2. The van der Waals surface area contributed by atoms with Crippen LogP contribution in [-0.4, -0.2) is 30.0 Å². The van der Waals surface area contributed by atoms with Crippen LogP contribution < -0.4 is 15.5 Å². The fourth-order valence-corrected chi connectivity index (χ4v) is 2.63. The number of amides is 3. The van der Waals surface area contributed by atoms with Gasteiger partial charge in [-0.3, -0.25) is 20.2 Å². The normalized spacial score (nSPS) is 19.5. The molecule has 2 saturated heterocycles. The standard InChI is InChI=1S/C14H14N4O4/c19-13-11(15-14(20)16-13)8-9-7-10(17-5-1-2-6-17)3-4-12(9)18(21)22/h3-4,7-8H,1-2,5-6H2,(H2,15,16,19,20). The second kappa shape index (κ2) is 5.47. The van der Waals surface area contributed by atoms with Gasteiger partial charge < -0.3 is 10.2 Å². The molecule has 2 fully saturated rings. The van der Waals surface area contributed by atoms with Crippen molar-refractivity contribution in [3.63, 3.8) is 0 Å². The first-order valence-electron chi connectivity index (χ1n) is 6.92. The molecule has 0 radical (unpaired) electrons. The number of anilines is 1. The smallest absolute Gasteiger partial charge is 0.326 e. The molecule has 8 heteroatoms. The van der Waals surface area contributed by atoms with Crippen LogP contribution in [0, 0.1) is 10.1 Å². The van der Waals surface area contributed by atoms with Crippen molar-refractivity contribution >= 4 is 29.4 Å². The molecule has 0 aliphatic carbocycles. The average molecular weight is 302 g/mol. The van der Waals surface area contributed by atoms with Gasteiger partial charge in [0.15, 0.2) is 0 Å². The van der Waals surface area contributed by atoms with Gasteiger partial charge in [0.2, 0.25) is 0 Å². The lowest BCUT2D eigenvalue weighted by Gasteiger charge is -2.17. The molecular weight excluding hydrogens is 288 g/mol. The SMILES string of the molecule is O=C1NC(=O)C(=Cc2cc(N3CCCC3)ccc2[N+](=O)[O-])N1. The van der Waals surface area contributed by atoms with Crippen molar-refractivity contribution in [1.29, 1.82) is 0 Å². The number of nitrogens with one attached hydrogen (secondary N) is 2. The maximum Gasteiger partial charge on any atom is 0.326 e. The number of nitro groups is 1. The molecule has 0 spiro atoms. The van der Waals surface area contributed by atoms with Gasteiger partial charge in [-0.25, -0.2) is 4.79 Å². The second-order valence-electron chi connectivity index (χ2n) is 5.16. The molecule has 1 aromatic carbocycles. The zero-order valence-electron chi connectivity index (χ0n) is 11.7. The van der Waals surface area contributed by atoms with Crippen LogP contribution in [0.15, 0.2) is 23.9 Å². The van der Waals surface area contributed by atoms with Crippen LogP contribution in [0.3, 0.4) is 0 Å². The highest BCUT2D eigenvalue weighted by Gasteiger charge is 2.25. The van der Waals surface area contributed by atoms with Crippen molar-refractivity contribution in [1.82, 2.24) is 10.6 Å². The van der Waals surface area contributed by atoms with Crippen LogP contribution in [0.1, 0.15) is 18.4 Å². The molecule has 8 nitrogen and oxygen atoms in total. The van der Waals surface area contributed by atoms with E-state index in [-0.39, 0.29) is 11.4 Å². The number of rotatable bonds is 3. The Morgan fingerprint density at radius 1 is 1.18 bits per heavy atom. The molecule has 1 aromatic rings. The minimum atomic E-state index is -0.630. The highest BCUT2D eigenvalue weighted by atomic mass is 16.6.